The Bertz CT molecular complexity index is 4930. The Morgan fingerprint density at radius 3 is 1.45 bits per heavy atom. The quantitative estimate of drug-likeness (QED) is 0.00958. The van der Waals surface area contributed by atoms with E-state index in [9.17, 15) is 67.1 Å². The van der Waals surface area contributed by atoms with Crippen LogP contribution >= 0.6 is 0 Å². The fourth-order valence-electron chi connectivity index (χ4n) is 13.1. The highest BCUT2D eigenvalue weighted by atomic mass is 16.2. The highest BCUT2D eigenvalue weighted by Gasteiger charge is 2.35. The number of ketones is 2. The number of hydrogen-bond donors (Lipinski definition) is 24. The summed E-state index contributed by atoms with van der Waals surface area (Å²) in [5, 5.41) is 45.4. The molecule has 50 heteroatoms. The van der Waals surface area contributed by atoms with Crippen LogP contribution in [0.2, 0.25) is 0 Å². The zero-order valence-electron chi connectivity index (χ0n) is 67.4. The Morgan fingerprint density at radius 1 is 0.479 bits per heavy atom. The number of guanidine groups is 3. The number of primary amides is 1. The van der Waals surface area contributed by atoms with Crippen molar-refractivity contribution in [3.8, 4) is 0 Å². The maximum atomic E-state index is 15.1. The van der Waals surface area contributed by atoms with Gasteiger partial charge in [-0.2, -0.15) is 15.0 Å². The molecule has 662 valence electrons. The second-order valence-electron chi connectivity index (χ2n) is 28.4. The van der Waals surface area contributed by atoms with Gasteiger partial charge >= 0.3 is 11.4 Å². The largest absolute Gasteiger partial charge is 0.383 e. The Kier molecular flexibility index (Phi) is 38.5. The van der Waals surface area contributed by atoms with Gasteiger partial charge < -0.3 is 123 Å². The number of nitrogens with zero attached hydrogens (tertiary/aromatic N) is 11. The third kappa shape index (κ3) is 30.7. The van der Waals surface area contributed by atoms with Crippen molar-refractivity contribution < 1.29 is 47.9 Å². The average molecular weight is 1700 g/mol. The number of carbonyl (C=O) groups is 10. The SMILES string of the molecule is Cc1cn(CC(=O)N(CCNC(=O)[C@H](CCCNC(=N)N)N(CCNCC(=O)[C@H](CCCNC(=N)N)N(CCNC(=O)[C@@H](N)CCCCN)C(=O)Cn2ccc3c(=O)[nH]c(N)nc32)C(=O)Cn2ccc(N)nc2=O)CC(=O)NCCN(C(=O)Cn2ccc3c(=O)[nH]c(N)nc32)[C@@H](CCCNC(=N)N)C(=O)CN[C@@H](CCCCN)C(N)=O)c(=O)[nH]c1=O. The summed E-state index contributed by atoms with van der Waals surface area (Å²) in [5.41, 5.74) is 53.8. The number of aromatic amines is 3. The number of Topliss-reactive ketones (excluding diaryl/α,β-unsaturated/α-hetero) is 2. The first-order chi connectivity index (χ1) is 57.6. The lowest BCUT2D eigenvalue weighted by Gasteiger charge is -2.33. The molecule has 0 aliphatic rings. The molecule has 0 fully saturated rings. The van der Waals surface area contributed by atoms with E-state index in [4.69, 9.17) is 73.6 Å². The first-order valence-electron chi connectivity index (χ1n) is 39.1. The zero-order valence-corrected chi connectivity index (χ0v) is 67.4. The fourth-order valence-corrected chi connectivity index (χ4v) is 13.1. The fraction of sp³-hybridized carbons (Fsp3) is 0.535. The lowest BCUT2D eigenvalue weighted by molar-refractivity contribution is -0.141. The maximum absolute atomic E-state index is 15.1. The van der Waals surface area contributed by atoms with Crippen LogP contribution in [-0.4, -0.2) is 279 Å². The normalized spacial score (nSPS) is 12.4. The van der Waals surface area contributed by atoms with Crippen molar-refractivity contribution in [3.63, 3.8) is 0 Å². The van der Waals surface area contributed by atoms with E-state index in [2.05, 4.69) is 72.4 Å². The third-order valence-corrected chi connectivity index (χ3v) is 19.3. The number of aromatic nitrogens is 10. The number of nitrogen functional groups attached to an aromatic ring is 3. The van der Waals surface area contributed by atoms with Gasteiger partial charge in [-0.1, -0.05) is 12.8 Å². The molecule has 0 saturated carbocycles. The Balaban J connectivity index is 1.31. The predicted octanol–water partition coefficient (Wildman–Crippen LogP) is -10.4. The van der Waals surface area contributed by atoms with Gasteiger partial charge in [0.1, 0.15) is 49.3 Å². The summed E-state index contributed by atoms with van der Waals surface area (Å²) in [6.07, 6.45) is 7.71. The van der Waals surface area contributed by atoms with Crippen LogP contribution < -0.4 is 128 Å². The molecule has 0 unspecified atom stereocenters. The van der Waals surface area contributed by atoms with E-state index >= 15 is 4.79 Å². The first kappa shape index (κ1) is 96.3. The Hall–Kier alpha value is -13.5. The molecule has 8 amide bonds. The molecule has 6 aromatic rings. The number of carbonyl (C=O) groups excluding carboxylic acids is 10. The summed E-state index contributed by atoms with van der Waals surface area (Å²) in [5.74, 6) is -9.51. The predicted molar refractivity (Wildman–Crippen MR) is 446 cm³/mol. The van der Waals surface area contributed by atoms with Gasteiger partial charge in [-0.3, -0.25) is 108 Å². The van der Waals surface area contributed by atoms with Gasteiger partial charge in [-0.05, 0) is 102 Å². The van der Waals surface area contributed by atoms with E-state index < -0.39 is 208 Å². The maximum Gasteiger partial charge on any atom is 0.349 e. The number of anilines is 3. The standard InChI is InChI=1S/C71H113N35O15/c1-41-35-103(71(121)98-60(41)115)37-53(110)99(36-52(109)86-24-31-104(54(111)38-100-26-14-42-58(100)94-68(83)96-61(42)116)47(12-7-20-90-66(79)80)50(108)34-92-45(57(76)114)10-3-5-18-73)29-23-88-64(119)48(13-8-21-91-67(81)82)106(56(113)40-102-28-16-51(75)93-70(102)120)30-22-85-33-49(107)46(11-6-19-89-65(77)78)105(32-25-87-63(118)44(74)9-2-4-17-72)55(112)39-101-27-15-43-59(101)95-69(84)97-62(43)117/h14-16,26-28,35,44-48,85,92H,2-13,17-25,29-34,36-40,72-74H2,1H3,(H2,76,114)(H,86,109)(H,87,118)(H,88,119)(H2,75,93,120)(H4,77,78,89)(H4,79,80,90)(H4,81,82,91)(H,98,115,121)(H3,83,94,96,116)(H3,84,95,97,117)/t44-,45-,46-,47-,48-/m0/s1. The van der Waals surface area contributed by atoms with E-state index in [1.807, 2.05) is 0 Å². The van der Waals surface area contributed by atoms with Gasteiger partial charge in [0.15, 0.2) is 29.4 Å². The minimum absolute atomic E-state index is 0.00722. The topological polar surface area (TPSA) is 803 Å². The van der Waals surface area contributed by atoms with Crippen LogP contribution in [0.5, 0.6) is 0 Å². The number of amides is 8. The molecular formula is C71H113N35O15. The molecule has 0 radical (unpaired) electrons. The van der Waals surface area contributed by atoms with Gasteiger partial charge in [0, 0.05) is 102 Å². The van der Waals surface area contributed by atoms with Crippen molar-refractivity contribution in [2.75, 3.05) is 122 Å². The highest BCUT2D eigenvalue weighted by molar-refractivity contribution is 5.93. The van der Waals surface area contributed by atoms with Crippen molar-refractivity contribution in [1.29, 1.82) is 16.2 Å². The molecule has 6 rings (SSSR count). The summed E-state index contributed by atoms with van der Waals surface area (Å²) < 4.78 is 4.44. The molecule has 0 spiro atoms. The summed E-state index contributed by atoms with van der Waals surface area (Å²) in [4.78, 5) is 232. The molecule has 121 heavy (non-hydrogen) atoms. The molecule has 6 heterocycles. The minimum atomic E-state index is -1.52. The Morgan fingerprint density at radius 2 is 0.934 bits per heavy atom. The van der Waals surface area contributed by atoms with Gasteiger partial charge in [-0.15, -0.1) is 0 Å². The van der Waals surface area contributed by atoms with Crippen LogP contribution in [0, 0.1) is 23.2 Å². The summed E-state index contributed by atoms with van der Waals surface area (Å²) in [7, 11) is 0. The average Bonchev–Trinajstić information content (AvgIpc) is 1.63. The number of rotatable bonds is 55. The summed E-state index contributed by atoms with van der Waals surface area (Å²) in [6.45, 7) is -5.40. The number of fused-ring (bicyclic) bond motifs is 2. The van der Waals surface area contributed by atoms with Crippen molar-refractivity contribution in [2.45, 2.75) is 140 Å². The molecule has 0 aliphatic heterocycles. The van der Waals surface area contributed by atoms with Gasteiger partial charge in [0.2, 0.25) is 59.2 Å². The number of nitrogens with one attached hydrogen (secondary N) is 14. The minimum Gasteiger partial charge on any atom is -0.383 e. The van der Waals surface area contributed by atoms with Crippen molar-refractivity contribution in [2.24, 2.45) is 40.1 Å². The molecule has 34 N–H and O–H groups in total. The number of aryl methyl sites for hydroxylation is 1. The van der Waals surface area contributed by atoms with Gasteiger partial charge in [0.05, 0.1) is 54.6 Å². The van der Waals surface area contributed by atoms with Crippen LogP contribution in [0.25, 0.3) is 22.1 Å². The van der Waals surface area contributed by atoms with Crippen molar-refractivity contribution >= 4 is 116 Å². The summed E-state index contributed by atoms with van der Waals surface area (Å²) in [6, 6.07) is -2.03. The van der Waals surface area contributed by atoms with Gasteiger partial charge in [0.25, 0.3) is 16.7 Å². The molecule has 0 saturated heterocycles. The zero-order chi connectivity index (χ0) is 89.0. The Labute approximate surface area is 691 Å². The molecule has 0 aliphatic carbocycles. The number of hydrogen-bond acceptors (Lipinski definition) is 29. The highest BCUT2D eigenvalue weighted by Crippen LogP contribution is 2.18. The first-order valence-corrected chi connectivity index (χ1v) is 39.1. The molecule has 6 aromatic heterocycles. The van der Waals surface area contributed by atoms with E-state index in [-0.39, 0.29) is 136 Å². The summed E-state index contributed by atoms with van der Waals surface area (Å²) >= 11 is 0. The smallest absolute Gasteiger partial charge is 0.349 e. The van der Waals surface area contributed by atoms with Crippen LogP contribution in [0.3, 0.4) is 0 Å². The van der Waals surface area contributed by atoms with E-state index in [1.54, 1.807) is 0 Å². The van der Waals surface area contributed by atoms with Crippen molar-refractivity contribution in [1.82, 2.24) is 110 Å². The van der Waals surface area contributed by atoms with E-state index in [0.717, 1.165) is 30.0 Å². The lowest BCUT2D eigenvalue weighted by Crippen LogP contribution is -2.55. The number of unbranched alkanes of at least 4 members (excludes halogenated alkanes) is 2. The second-order valence-corrected chi connectivity index (χ2v) is 28.4. The molecule has 0 bridgehead atoms. The molecule has 0 aromatic carbocycles. The number of nitrogens with two attached hydrogens (primary N) is 10. The van der Waals surface area contributed by atoms with Crippen LogP contribution in [-0.2, 0) is 74.1 Å². The molecular weight excluding hydrogens is 1580 g/mol. The van der Waals surface area contributed by atoms with Crippen LogP contribution in [0.1, 0.15) is 82.6 Å². The molecule has 50 nitrogen and oxygen atoms in total. The van der Waals surface area contributed by atoms with Crippen LogP contribution in [0.4, 0.5) is 17.7 Å². The monoisotopic (exact) mass is 1700 g/mol. The van der Waals surface area contributed by atoms with E-state index in [1.165, 1.54) is 57.7 Å². The lowest BCUT2D eigenvalue weighted by atomic mass is 10.0. The van der Waals surface area contributed by atoms with Crippen molar-refractivity contribution in [3.05, 3.63) is 101 Å². The number of H-pyrrole nitrogens is 3. The second kappa shape index (κ2) is 48.4. The molecule has 5 atom stereocenters. The van der Waals surface area contributed by atoms with Gasteiger partial charge in [-0.25, -0.2) is 9.59 Å². The van der Waals surface area contributed by atoms with E-state index in [0.29, 0.717) is 45.2 Å². The third-order valence-electron chi connectivity index (χ3n) is 19.3. The van der Waals surface area contributed by atoms with Crippen LogP contribution in [0.15, 0.2) is 67.0 Å².